The molecule has 2 saturated carbocycles. The summed E-state index contributed by atoms with van der Waals surface area (Å²) in [6.07, 6.45) is 8.13. The van der Waals surface area contributed by atoms with Gasteiger partial charge in [0.25, 0.3) is 0 Å². The van der Waals surface area contributed by atoms with Gasteiger partial charge in [0.15, 0.2) is 0 Å². The molecule has 0 saturated heterocycles. The fourth-order valence-corrected chi connectivity index (χ4v) is 4.20. The van der Waals surface area contributed by atoms with Crippen molar-refractivity contribution in [3.63, 3.8) is 0 Å². The number of alkyl halides is 3. The molecular weight excluding hydrogens is 302 g/mol. The lowest BCUT2D eigenvalue weighted by Crippen LogP contribution is -2.46. The first kappa shape index (κ1) is 14.7. The molecule has 2 aliphatic carbocycles. The maximum absolute atomic E-state index is 13.1. The van der Waals surface area contributed by atoms with Crippen LogP contribution in [0.5, 0.6) is 0 Å². The van der Waals surface area contributed by atoms with Gasteiger partial charge in [-0.15, -0.1) is 0 Å². The third kappa shape index (κ3) is 3.44. The predicted molar refractivity (Wildman–Crippen MR) is 71.8 cm³/mol. The molecule has 4 heteroatoms. The van der Waals surface area contributed by atoms with Crippen LogP contribution in [0, 0.1) is 17.8 Å². The molecule has 3 atom stereocenters. The Balaban J connectivity index is 2.03. The van der Waals surface area contributed by atoms with Crippen LogP contribution >= 0.6 is 15.9 Å². The molecule has 0 aromatic carbocycles. The first-order valence-electron chi connectivity index (χ1n) is 7.07. The van der Waals surface area contributed by atoms with Crippen LogP contribution in [0.25, 0.3) is 0 Å². The Bertz CT molecular complexity index is 286. The molecule has 0 amide bonds. The van der Waals surface area contributed by atoms with Crippen LogP contribution in [-0.4, -0.2) is 10.6 Å². The molecular formula is C14H23BrF2O. The maximum Gasteiger partial charge on any atom is 0.415 e. The molecule has 106 valence electrons. The first-order chi connectivity index (χ1) is 8.30. The second-order valence-corrected chi connectivity index (χ2v) is 7.27. The summed E-state index contributed by atoms with van der Waals surface area (Å²) in [4.78, 5) is 0. The van der Waals surface area contributed by atoms with E-state index in [4.69, 9.17) is 4.74 Å². The van der Waals surface area contributed by atoms with Gasteiger partial charge in [0.2, 0.25) is 0 Å². The normalized spacial score (nSPS) is 39.2. The van der Waals surface area contributed by atoms with Crippen molar-refractivity contribution in [3.8, 4) is 0 Å². The number of halogens is 3. The summed E-state index contributed by atoms with van der Waals surface area (Å²) in [5.41, 5.74) is -0.696. The Morgan fingerprint density at radius 2 is 1.72 bits per heavy atom. The van der Waals surface area contributed by atoms with Gasteiger partial charge < -0.3 is 4.74 Å². The lowest BCUT2D eigenvalue weighted by Gasteiger charge is -2.45. The van der Waals surface area contributed by atoms with Gasteiger partial charge in [0.1, 0.15) is 0 Å². The lowest BCUT2D eigenvalue weighted by atomic mass is 9.68. The number of hydrogen-bond acceptors (Lipinski definition) is 1. The SMILES string of the molecule is CC1CCC(C2CCCC2)CC1(C)OC(F)(F)Br. The monoisotopic (exact) mass is 324 g/mol. The van der Waals surface area contributed by atoms with Crippen LogP contribution in [-0.2, 0) is 4.74 Å². The van der Waals surface area contributed by atoms with Crippen LogP contribution in [0.15, 0.2) is 0 Å². The Morgan fingerprint density at radius 1 is 1.11 bits per heavy atom. The third-order valence-corrected chi connectivity index (χ3v) is 5.26. The van der Waals surface area contributed by atoms with Crippen LogP contribution < -0.4 is 0 Å². The van der Waals surface area contributed by atoms with Crippen LogP contribution in [0.3, 0.4) is 0 Å². The maximum atomic E-state index is 13.1. The highest BCUT2D eigenvalue weighted by Gasteiger charge is 2.46. The summed E-state index contributed by atoms with van der Waals surface area (Å²) >= 11 is 2.32. The summed E-state index contributed by atoms with van der Waals surface area (Å²) in [7, 11) is 0. The van der Waals surface area contributed by atoms with E-state index in [1.165, 1.54) is 32.1 Å². The highest BCUT2D eigenvalue weighted by Crippen LogP contribution is 2.48. The van der Waals surface area contributed by atoms with Crippen LogP contribution in [0.1, 0.15) is 58.8 Å². The topological polar surface area (TPSA) is 9.23 Å². The zero-order valence-corrected chi connectivity index (χ0v) is 12.8. The van der Waals surface area contributed by atoms with Gasteiger partial charge in [0, 0.05) is 15.9 Å². The number of hydrogen-bond donors (Lipinski definition) is 0. The second kappa shape index (κ2) is 5.35. The van der Waals surface area contributed by atoms with Crippen LogP contribution in [0.4, 0.5) is 8.78 Å². The van der Waals surface area contributed by atoms with Crippen molar-refractivity contribution in [2.75, 3.05) is 0 Å². The fraction of sp³-hybridized carbons (Fsp3) is 1.00. The molecule has 18 heavy (non-hydrogen) atoms. The summed E-state index contributed by atoms with van der Waals surface area (Å²) in [6.45, 7) is 3.89. The standard InChI is InChI=1S/C14H23BrF2O/c1-10-7-8-12(11-5-3-4-6-11)9-13(10,2)18-14(15,16)17/h10-12H,3-9H2,1-2H3. The summed E-state index contributed by atoms with van der Waals surface area (Å²) in [5, 5.41) is -3.20. The Kier molecular flexibility index (Phi) is 4.37. The van der Waals surface area contributed by atoms with E-state index in [-0.39, 0.29) is 5.92 Å². The molecule has 0 N–H and O–H groups in total. The van der Waals surface area contributed by atoms with Crippen molar-refractivity contribution < 1.29 is 13.5 Å². The molecule has 2 aliphatic rings. The van der Waals surface area contributed by atoms with E-state index < -0.39 is 10.6 Å². The van der Waals surface area contributed by atoms with E-state index in [1.54, 1.807) is 0 Å². The summed E-state index contributed by atoms with van der Waals surface area (Å²) in [5.74, 6) is 1.51. The molecule has 0 heterocycles. The molecule has 1 nitrogen and oxygen atoms in total. The summed E-state index contributed by atoms with van der Waals surface area (Å²) < 4.78 is 31.3. The van der Waals surface area contributed by atoms with Gasteiger partial charge in [-0.1, -0.05) is 32.6 Å². The van der Waals surface area contributed by atoms with Crippen molar-refractivity contribution in [3.05, 3.63) is 0 Å². The first-order valence-corrected chi connectivity index (χ1v) is 7.86. The Hall–Kier alpha value is 0.300. The number of rotatable bonds is 3. The van der Waals surface area contributed by atoms with Crippen molar-refractivity contribution in [1.29, 1.82) is 0 Å². The smallest absolute Gasteiger partial charge is 0.305 e. The fourth-order valence-electron chi connectivity index (χ4n) is 3.83. The average molecular weight is 325 g/mol. The third-order valence-electron chi connectivity index (χ3n) is 5.10. The molecule has 3 unspecified atom stereocenters. The quantitative estimate of drug-likeness (QED) is 0.637. The molecule has 0 spiro atoms. The van der Waals surface area contributed by atoms with Gasteiger partial charge in [-0.25, -0.2) is 0 Å². The minimum atomic E-state index is -3.20. The predicted octanol–water partition coefficient (Wildman–Crippen LogP) is 5.33. The minimum absolute atomic E-state index is 0.193. The molecule has 0 aromatic heterocycles. The summed E-state index contributed by atoms with van der Waals surface area (Å²) in [6, 6.07) is 0. The molecule has 2 fully saturated rings. The van der Waals surface area contributed by atoms with Crippen molar-refractivity contribution in [2.24, 2.45) is 17.8 Å². The zero-order valence-electron chi connectivity index (χ0n) is 11.2. The Morgan fingerprint density at radius 3 is 2.28 bits per heavy atom. The molecule has 0 aliphatic heterocycles. The van der Waals surface area contributed by atoms with Gasteiger partial charge >= 0.3 is 5.02 Å². The van der Waals surface area contributed by atoms with E-state index in [0.29, 0.717) is 5.92 Å². The van der Waals surface area contributed by atoms with Crippen LogP contribution in [0.2, 0.25) is 0 Å². The highest BCUT2D eigenvalue weighted by atomic mass is 79.9. The molecule has 0 aromatic rings. The van der Waals surface area contributed by atoms with E-state index in [0.717, 1.165) is 18.8 Å². The van der Waals surface area contributed by atoms with Crippen molar-refractivity contribution in [1.82, 2.24) is 0 Å². The van der Waals surface area contributed by atoms with E-state index in [1.807, 2.05) is 13.8 Å². The Labute approximate surface area is 117 Å². The highest BCUT2D eigenvalue weighted by molar-refractivity contribution is 9.09. The van der Waals surface area contributed by atoms with Crippen molar-refractivity contribution in [2.45, 2.75) is 69.4 Å². The molecule has 2 rings (SSSR count). The lowest BCUT2D eigenvalue weighted by molar-refractivity contribution is -0.252. The largest absolute Gasteiger partial charge is 0.415 e. The second-order valence-electron chi connectivity index (χ2n) is 6.35. The van der Waals surface area contributed by atoms with E-state index in [9.17, 15) is 8.78 Å². The average Bonchev–Trinajstić information content (AvgIpc) is 2.72. The van der Waals surface area contributed by atoms with E-state index in [2.05, 4.69) is 15.9 Å². The van der Waals surface area contributed by atoms with E-state index >= 15 is 0 Å². The van der Waals surface area contributed by atoms with Crippen molar-refractivity contribution >= 4 is 15.9 Å². The molecule has 0 bridgehead atoms. The number of ether oxygens (including phenoxy) is 1. The van der Waals surface area contributed by atoms with Gasteiger partial charge in [0.05, 0.1) is 5.60 Å². The zero-order chi connectivity index (χ0) is 13.4. The molecule has 0 radical (unpaired) electrons. The van der Waals surface area contributed by atoms with Gasteiger partial charge in [-0.05, 0) is 43.9 Å². The van der Waals surface area contributed by atoms with Gasteiger partial charge in [-0.3, -0.25) is 0 Å². The van der Waals surface area contributed by atoms with Gasteiger partial charge in [-0.2, -0.15) is 8.78 Å². The minimum Gasteiger partial charge on any atom is -0.305 e.